The Hall–Kier alpha value is -1.60. The van der Waals surface area contributed by atoms with Crippen LogP contribution in [0.2, 0.25) is 10.0 Å². The normalized spacial score (nSPS) is 16.1. The highest BCUT2D eigenvalue weighted by molar-refractivity contribution is 7.88. The van der Waals surface area contributed by atoms with Crippen LogP contribution >= 0.6 is 23.2 Å². The Morgan fingerprint density at radius 3 is 2.21 bits per heavy atom. The fourth-order valence-corrected chi connectivity index (χ4v) is 5.34. The summed E-state index contributed by atoms with van der Waals surface area (Å²) in [5, 5.41) is 3.70. The Balaban J connectivity index is 1.57. The van der Waals surface area contributed by atoms with Gasteiger partial charge in [0.2, 0.25) is 15.9 Å². The van der Waals surface area contributed by atoms with Gasteiger partial charge < -0.3 is 5.32 Å². The van der Waals surface area contributed by atoms with E-state index in [2.05, 4.69) is 5.32 Å². The molecule has 0 atom stereocenters. The van der Waals surface area contributed by atoms with Crippen LogP contribution in [0.1, 0.15) is 24.0 Å². The number of hydrogen-bond donors (Lipinski definition) is 1. The van der Waals surface area contributed by atoms with Gasteiger partial charge in [-0.05, 0) is 43.5 Å². The molecule has 0 unspecified atom stereocenters. The lowest BCUT2D eigenvalue weighted by Gasteiger charge is -2.30. The molecule has 5 nitrogen and oxygen atoms in total. The van der Waals surface area contributed by atoms with Gasteiger partial charge in [0.15, 0.2) is 0 Å². The molecule has 0 bridgehead atoms. The molecule has 0 aliphatic carbocycles. The van der Waals surface area contributed by atoms with Crippen molar-refractivity contribution >= 4 is 44.8 Å². The second-order valence-electron chi connectivity index (χ2n) is 7.06. The summed E-state index contributed by atoms with van der Waals surface area (Å²) in [5.74, 6) is -0.414. The summed E-state index contributed by atoms with van der Waals surface area (Å²) >= 11 is 11.9. The maximum Gasteiger partial charge on any atom is 0.227 e. The molecule has 1 aliphatic heterocycles. The second kappa shape index (κ2) is 8.82. The first-order valence-electron chi connectivity index (χ1n) is 9.03. The van der Waals surface area contributed by atoms with E-state index in [0.717, 1.165) is 11.1 Å². The first-order chi connectivity index (χ1) is 13.2. The first kappa shape index (κ1) is 21.1. The molecule has 1 heterocycles. The van der Waals surface area contributed by atoms with Crippen molar-refractivity contribution in [3.05, 3.63) is 63.6 Å². The van der Waals surface area contributed by atoms with Gasteiger partial charge in [0, 0.05) is 34.7 Å². The van der Waals surface area contributed by atoms with Gasteiger partial charge in [-0.2, -0.15) is 0 Å². The molecule has 3 rings (SSSR count). The minimum absolute atomic E-state index is 0.0227. The van der Waals surface area contributed by atoms with Crippen molar-refractivity contribution in [3.63, 3.8) is 0 Å². The number of carbonyl (C=O) groups is 1. The van der Waals surface area contributed by atoms with Crippen LogP contribution < -0.4 is 5.32 Å². The molecule has 2 aromatic carbocycles. The topological polar surface area (TPSA) is 66.5 Å². The van der Waals surface area contributed by atoms with E-state index in [1.807, 2.05) is 31.2 Å². The number of nitrogens with one attached hydrogen (secondary N) is 1. The lowest BCUT2D eigenvalue weighted by molar-refractivity contribution is -0.120. The summed E-state index contributed by atoms with van der Waals surface area (Å²) in [6, 6.07) is 12.3. The summed E-state index contributed by atoms with van der Waals surface area (Å²) in [5.41, 5.74) is 2.40. The molecule has 2 aromatic rings. The van der Waals surface area contributed by atoms with Gasteiger partial charge in [-0.25, -0.2) is 12.7 Å². The number of carbonyl (C=O) groups excluding carboxylic acids is 1. The molecule has 1 saturated heterocycles. The first-order valence-corrected chi connectivity index (χ1v) is 11.4. The van der Waals surface area contributed by atoms with E-state index >= 15 is 0 Å². The minimum Gasteiger partial charge on any atom is -0.326 e. The number of amides is 1. The predicted octanol–water partition coefficient (Wildman–Crippen LogP) is 4.48. The zero-order valence-corrected chi connectivity index (χ0v) is 17.8. The highest BCUT2D eigenvalue weighted by Crippen LogP contribution is 2.26. The molecule has 1 aliphatic rings. The number of rotatable bonds is 5. The quantitative estimate of drug-likeness (QED) is 0.744. The maximum atomic E-state index is 12.7. The zero-order valence-electron chi connectivity index (χ0n) is 15.5. The molecule has 28 heavy (non-hydrogen) atoms. The van der Waals surface area contributed by atoms with Crippen molar-refractivity contribution in [1.82, 2.24) is 4.31 Å². The van der Waals surface area contributed by atoms with Crippen molar-refractivity contribution in [2.75, 3.05) is 18.4 Å². The molecule has 1 fully saturated rings. The Morgan fingerprint density at radius 2 is 1.64 bits per heavy atom. The lowest BCUT2D eigenvalue weighted by Crippen LogP contribution is -2.41. The number of hydrogen-bond acceptors (Lipinski definition) is 3. The molecule has 0 spiro atoms. The average Bonchev–Trinajstić information content (AvgIpc) is 2.63. The van der Waals surface area contributed by atoms with Crippen LogP contribution in [0, 0.1) is 12.8 Å². The average molecular weight is 441 g/mol. The van der Waals surface area contributed by atoms with E-state index in [0.29, 0.717) is 41.7 Å². The predicted molar refractivity (Wildman–Crippen MR) is 113 cm³/mol. The number of aryl methyl sites for hydroxylation is 1. The molecular formula is C20H22Cl2N2O3S. The standard InChI is InChI=1S/C20H22Cl2N2O3S/c1-14-2-4-15(5-3-14)13-28(26,27)24-8-6-16(7-9-24)20(25)23-19-11-17(21)10-18(22)12-19/h2-5,10-12,16H,6-9,13H2,1H3,(H,23,25). The van der Waals surface area contributed by atoms with Crippen molar-refractivity contribution in [3.8, 4) is 0 Å². The molecule has 1 N–H and O–H groups in total. The molecule has 1 amide bonds. The maximum absolute atomic E-state index is 12.7. The van der Waals surface area contributed by atoms with Crippen molar-refractivity contribution in [2.24, 2.45) is 5.92 Å². The summed E-state index contributed by atoms with van der Waals surface area (Å²) in [7, 11) is -3.40. The fourth-order valence-electron chi connectivity index (χ4n) is 3.25. The van der Waals surface area contributed by atoms with Gasteiger partial charge in [0.05, 0.1) is 5.75 Å². The Kier molecular flexibility index (Phi) is 6.65. The largest absolute Gasteiger partial charge is 0.326 e. The number of nitrogens with zero attached hydrogens (tertiary/aromatic N) is 1. The molecule has 8 heteroatoms. The highest BCUT2D eigenvalue weighted by atomic mass is 35.5. The number of halogens is 2. The molecule has 0 radical (unpaired) electrons. The zero-order chi connectivity index (χ0) is 20.3. The van der Waals surface area contributed by atoms with Crippen LogP contribution in [0.25, 0.3) is 0 Å². The van der Waals surface area contributed by atoms with Crippen LogP contribution in [-0.4, -0.2) is 31.7 Å². The van der Waals surface area contributed by atoms with Crippen LogP contribution in [0.15, 0.2) is 42.5 Å². The van der Waals surface area contributed by atoms with Crippen molar-refractivity contribution in [2.45, 2.75) is 25.5 Å². The molecule has 150 valence electrons. The number of benzene rings is 2. The third-order valence-electron chi connectivity index (χ3n) is 4.82. The smallest absolute Gasteiger partial charge is 0.227 e. The highest BCUT2D eigenvalue weighted by Gasteiger charge is 2.31. The Bertz CT molecular complexity index is 934. The van der Waals surface area contributed by atoms with E-state index in [4.69, 9.17) is 23.2 Å². The fraction of sp³-hybridized carbons (Fsp3) is 0.350. The number of anilines is 1. The van der Waals surface area contributed by atoms with Crippen LogP contribution in [0.5, 0.6) is 0 Å². The van der Waals surface area contributed by atoms with E-state index in [1.165, 1.54) is 4.31 Å². The summed E-state index contributed by atoms with van der Waals surface area (Å²) in [4.78, 5) is 12.5. The lowest BCUT2D eigenvalue weighted by atomic mass is 9.97. The van der Waals surface area contributed by atoms with Crippen LogP contribution in [-0.2, 0) is 20.6 Å². The van der Waals surface area contributed by atoms with Gasteiger partial charge >= 0.3 is 0 Å². The van der Waals surface area contributed by atoms with Gasteiger partial charge in [0.25, 0.3) is 0 Å². The minimum atomic E-state index is -3.40. The SMILES string of the molecule is Cc1ccc(CS(=O)(=O)N2CCC(C(=O)Nc3cc(Cl)cc(Cl)c3)CC2)cc1. The van der Waals surface area contributed by atoms with E-state index in [-0.39, 0.29) is 17.6 Å². The van der Waals surface area contributed by atoms with Gasteiger partial charge in [-0.1, -0.05) is 53.0 Å². The van der Waals surface area contributed by atoms with E-state index < -0.39 is 10.0 Å². The van der Waals surface area contributed by atoms with Crippen molar-refractivity contribution < 1.29 is 13.2 Å². The van der Waals surface area contributed by atoms with E-state index in [9.17, 15) is 13.2 Å². The summed E-state index contributed by atoms with van der Waals surface area (Å²) in [6.45, 7) is 2.64. The molecular weight excluding hydrogens is 419 g/mol. The third-order valence-corrected chi connectivity index (χ3v) is 7.10. The van der Waals surface area contributed by atoms with Crippen LogP contribution in [0.3, 0.4) is 0 Å². The third kappa shape index (κ3) is 5.47. The second-order valence-corrected chi connectivity index (χ2v) is 9.90. The van der Waals surface area contributed by atoms with Gasteiger partial charge in [-0.3, -0.25) is 4.79 Å². The number of sulfonamides is 1. The molecule has 0 saturated carbocycles. The summed E-state index contributed by atoms with van der Waals surface area (Å²) < 4.78 is 26.8. The van der Waals surface area contributed by atoms with Gasteiger partial charge in [-0.15, -0.1) is 0 Å². The van der Waals surface area contributed by atoms with Crippen LogP contribution in [0.4, 0.5) is 5.69 Å². The van der Waals surface area contributed by atoms with Gasteiger partial charge in [0.1, 0.15) is 0 Å². The number of piperidine rings is 1. The monoisotopic (exact) mass is 440 g/mol. The Morgan fingerprint density at radius 1 is 1.07 bits per heavy atom. The van der Waals surface area contributed by atoms with Crippen molar-refractivity contribution in [1.29, 1.82) is 0 Å². The molecule has 0 aromatic heterocycles. The Labute approximate surface area is 175 Å². The van der Waals surface area contributed by atoms with E-state index in [1.54, 1.807) is 18.2 Å². The summed E-state index contributed by atoms with van der Waals surface area (Å²) in [6.07, 6.45) is 0.959.